The number of amides is 1. The first-order valence-electron chi connectivity index (χ1n) is 7.12. The van der Waals surface area contributed by atoms with E-state index in [0.29, 0.717) is 17.8 Å². The molecule has 0 saturated carbocycles. The Kier molecular flexibility index (Phi) is 6.56. The number of carbonyl (C=O) groups excluding carboxylic acids is 1. The number of hydrogen-bond donors (Lipinski definition) is 1. The SMILES string of the molecule is CSC1(F)C=C(F)C(F)=C(CCCNC(=O)OC(C)(C)C)C1F. The topological polar surface area (TPSA) is 38.3 Å². The van der Waals surface area contributed by atoms with E-state index in [1.54, 1.807) is 20.8 Å². The molecule has 1 N–H and O–H groups in total. The number of hydrogen-bond acceptors (Lipinski definition) is 3. The van der Waals surface area contributed by atoms with E-state index in [4.69, 9.17) is 4.74 Å². The molecule has 132 valence electrons. The molecule has 3 nitrogen and oxygen atoms in total. The molecule has 0 aromatic rings. The van der Waals surface area contributed by atoms with E-state index in [1.165, 1.54) is 6.26 Å². The average Bonchev–Trinajstić information content (AvgIpc) is 2.42. The fourth-order valence-electron chi connectivity index (χ4n) is 1.99. The van der Waals surface area contributed by atoms with Crippen LogP contribution in [-0.2, 0) is 4.74 Å². The standard InChI is InChI=1S/C15H21F4NO2S/c1-14(2,3)22-13(21)20-7-5-6-9-11(17)10(16)8-15(19,23-4)12(9)18/h8,12H,5-7H2,1-4H3,(H,20,21). The molecule has 0 fully saturated rings. The summed E-state index contributed by atoms with van der Waals surface area (Å²) in [5, 5.41) is -0.199. The molecule has 2 unspecified atom stereocenters. The van der Waals surface area contributed by atoms with Gasteiger partial charge in [0, 0.05) is 18.2 Å². The predicted molar refractivity (Wildman–Crippen MR) is 83.0 cm³/mol. The summed E-state index contributed by atoms with van der Waals surface area (Å²) < 4.78 is 60.4. The highest BCUT2D eigenvalue weighted by molar-refractivity contribution is 8.00. The molecule has 0 bridgehead atoms. The van der Waals surface area contributed by atoms with Crippen LogP contribution < -0.4 is 5.32 Å². The van der Waals surface area contributed by atoms with E-state index >= 15 is 0 Å². The van der Waals surface area contributed by atoms with Crippen LogP contribution in [0, 0.1) is 0 Å². The van der Waals surface area contributed by atoms with Crippen molar-refractivity contribution in [3.05, 3.63) is 23.3 Å². The average molecular weight is 355 g/mol. The zero-order valence-corrected chi connectivity index (χ0v) is 14.3. The van der Waals surface area contributed by atoms with Gasteiger partial charge >= 0.3 is 6.09 Å². The van der Waals surface area contributed by atoms with Gasteiger partial charge in [-0.2, -0.15) is 0 Å². The predicted octanol–water partition coefficient (Wildman–Crippen LogP) is 4.75. The molecular weight excluding hydrogens is 334 g/mol. The van der Waals surface area contributed by atoms with Crippen LogP contribution in [0.2, 0.25) is 0 Å². The lowest BCUT2D eigenvalue weighted by Crippen LogP contribution is -2.35. The summed E-state index contributed by atoms with van der Waals surface area (Å²) in [6.45, 7) is 5.16. The molecule has 1 rings (SSSR count). The third kappa shape index (κ3) is 5.44. The number of alkyl halides is 2. The lowest BCUT2D eigenvalue weighted by atomic mass is 9.95. The first kappa shape index (κ1) is 19.9. The second-order valence-electron chi connectivity index (χ2n) is 6.13. The summed E-state index contributed by atoms with van der Waals surface area (Å²) in [4.78, 5) is 11.4. The third-order valence-corrected chi connectivity index (χ3v) is 4.02. The Morgan fingerprint density at radius 1 is 1.43 bits per heavy atom. The van der Waals surface area contributed by atoms with Crippen molar-refractivity contribution >= 4 is 17.9 Å². The van der Waals surface area contributed by atoms with Crippen molar-refractivity contribution in [2.75, 3.05) is 12.8 Å². The van der Waals surface area contributed by atoms with E-state index in [-0.39, 0.29) is 19.4 Å². The summed E-state index contributed by atoms with van der Waals surface area (Å²) in [7, 11) is 0. The number of thioether (sulfide) groups is 1. The Balaban J connectivity index is 2.58. The van der Waals surface area contributed by atoms with Crippen LogP contribution in [0.1, 0.15) is 33.6 Å². The second-order valence-corrected chi connectivity index (χ2v) is 7.16. The molecule has 0 spiro atoms. The fraction of sp³-hybridized carbons (Fsp3) is 0.667. The van der Waals surface area contributed by atoms with E-state index < -0.39 is 40.1 Å². The highest BCUT2D eigenvalue weighted by Crippen LogP contribution is 2.44. The highest BCUT2D eigenvalue weighted by Gasteiger charge is 2.45. The van der Waals surface area contributed by atoms with Crippen LogP contribution in [0.25, 0.3) is 0 Å². The van der Waals surface area contributed by atoms with Gasteiger partial charge in [-0.25, -0.2) is 22.4 Å². The fourth-order valence-corrected chi connectivity index (χ4v) is 2.56. The minimum atomic E-state index is -2.62. The van der Waals surface area contributed by atoms with Gasteiger partial charge in [0.2, 0.25) is 5.00 Å². The molecule has 2 atom stereocenters. The Morgan fingerprint density at radius 2 is 2.04 bits per heavy atom. The van der Waals surface area contributed by atoms with Crippen molar-refractivity contribution in [2.45, 2.75) is 50.4 Å². The van der Waals surface area contributed by atoms with Crippen molar-refractivity contribution in [1.29, 1.82) is 0 Å². The Hall–Kier alpha value is -1.18. The molecular formula is C15H21F4NO2S. The summed E-state index contributed by atoms with van der Waals surface area (Å²) in [6.07, 6.45) is -1.42. The van der Waals surface area contributed by atoms with Gasteiger partial charge in [-0.05, 0) is 39.9 Å². The van der Waals surface area contributed by atoms with Gasteiger partial charge < -0.3 is 10.1 Å². The Bertz CT molecular complexity index is 516. The minimum absolute atomic E-state index is 0.0717. The molecule has 23 heavy (non-hydrogen) atoms. The van der Waals surface area contributed by atoms with E-state index in [0.717, 1.165) is 0 Å². The molecule has 1 amide bonds. The molecule has 0 heterocycles. The Labute approximate surface area is 137 Å². The monoisotopic (exact) mass is 355 g/mol. The maximum atomic E-state index is 14.2. The number of halogens is 4. The van der Waals surface area contributed by atoms with Gasteiger partial charge in [0.1, 0.15) is 5.60 Å². The van der Waals surface area contributed by atoms with Crippen LogP contribution in [0.3, 0.4) is 0 Å². The first-order chi connectivity index (χ1) is 10.5. The minimum Gasteiger partial charge on any atom is -0.444 e. The molecule has 0 aromatic carbocycles. The summed E-state index contributed by atoms with van der Waals surface area (Å²) in [5.74, 6) is -2.76. The molecule has 1 aliphatic carbocycles. The van der Waals surface area contributed by atoms with Gasteiger partial charge in [0.25, 0.3) is 0 Å². The normalized spacial score (nSPS) is 25.2. The molecule has 1 aliphatic rings. The lowest BCUT2D eigenvalue weighted by molar-refractivity contribution is 0.0527. The smallest absolute Gasteiger partial charge is 0.407 e. The van der Waals surface area contributed by atoms with E-state index in [2.05, 4.69) is 5.32 Å². The molecule has 8 heteroatoms. The van der Waals surface area contributed by atoms with E-state index in [1.807, 2.05) is 0 Å². The second kappa shape index (κ2) is 7.59. The van der Waals surface area contributed by atoms with Crippen LogP contribution >= 0.6 is 11.8 Å². The lowest BCUT2D eigenvalue weighted by Gasteiger charge is -2.29. The maximum absolute atomic E-state index is 14.2. The number of rotatable bonds is 5. The number of nitrogens with one attached hydrogen (secondary N) is 1. The zero-order chi connectivity index (χ0) is 17.8. The molecule has 0 radical (unpaired) electrons. The summed E-state index contributed by atoms with van der Waals surface area (Å²) >= 11 is 0.468. The van der Waals surface area contributed by atoms with Crippen molar-refractivity contribution in [2.24, 2.45) is 0 Å². The summed E-state index contributed by atoms with van der Waals surface area (Å²) in [5.41, 5.74) is -1.22. The molecule has 0 saturated heterocycles. The van der Waals surface area contributed by atoms with Crippen molar-refractivity contribution in [3.8, 4) is 0 Å². The van der Waals surface area contributed by atoms with Gasteiger partial charge in [-0.3, -0.25) is 0 Å². The van der Waals surface area contributed by atoms with E-state index in [9.17, 15) is 22.4 Å². The van der Waals surface area contributed by atoms with Gasteiger partial charge in [0.15, 0.2) is 17.8 Å². The molecule has 0 aromatic heterocycles. The molecule has 0 aliphatic heterocycles. The highest BCUT2D eigenvalue weighted by atomic mass is 32.2. The Morgan fingerprint density at radius 3 is 2.57 bits per heavy atom. The third-order valence-electron chi connectivity index (χ3n) is 3.07. The van der Waals surface area contributed by atoms with Crippen LogP contribution in [-0.4, -0.2) is 35.7 Å². The maximum Gasteiger partial charge on any atom is 0.407 e. The van der Waals surface area contributed by atoms with Crippen LogP contribution in [0.15, 0.2) is 23.3 Å². The van der Waals surface area contributed by atoms with Crippen molar-refractivity contribution in [1.82, 2.24) is 5.32 Å². The summed E-state index contributed by atoms with van der Waals surface area (Å²) in [6, 6.07) is 0. The largest absolute Gasteiger partial charge is 0.444 e. The number of alkyl carbamates (subject to hydrolysis) is 1. The van der Waals surface area contributed by atoms with Gasteiger partial charge in [0.05, 0.1) is 0 Å². The van der Waals surface area contributed by atoms with Crippen LogP contribution in [0.4, 0.5) is 22.4 Å². The zero-order valence-electron chi connectivity index (χ0n) is 13.5. The first-order valence-corrected chi connectivity index (χ1v) is 8.35. The van der Waals surface area contributed by atoms with Gasteiger partial charge in [-0.1, -0.05) is 0 Å². The number of carbonyl (C=O) groups is 1. The number of allylic oxidation sites excluding steroid dienone is 3. The van der Waals surface area contributed by atoms with Gasteiger partial charge in [-0.15, -0.1) is 11.8 Å². The van der Waals surface area contributed by atoms with Crippen molar-refractivity contribution in [3.63, 3.8) is 0 Å². The quantitative estimate of drug-likeness (QED) is 0.571. The van der Waals surface area contributed by atoms with Crippen LogP contribution in [0.5, 0.6) is 0 Å². The van der Waals surface area contributed by atoms with Crippen molar-refractivity contribution < 1.29 is 27.1 Å². The number of ether oxygens (including phenoxy) is 1.